The van der Waals surface area contributed by atoms with Gasteiger partial charge in [0.15, 0.2) is 0 Å². The zero-order chi connectivity index (χ0) is 16.1. The van der Waals surface area contributed by atoms with E-state index in [1.54, 1.807) is 24.4 Å². The summed E-state index contributed by atoms with van der Waals surface area (Å²) in [6.07, 6.45) is 3.06. The molecule has 0 unspecified atom stereocenters. The van der Waals surface area contributed by atoms with E-state index in [1.807, 2.05) is 24.3 Å². The van der Waals surface area contributed by atoms with Crippen LogP contribution in [0.2, 0.25) is 10.0 Å². The van der Waals surface area contributed by atoms with Gasteiger partial charge in [-0.3, -0.25) is 0 Å². The highest BCUT2D eigenvalue weighted by Gasteiger charge is 2.01. The molecule has 3 rings (SSSR count). The van der Waals surface area contributed by atoms with Crippen molar-refractivity contribution in [2.75, 3.05) is 10.6 Å². The van der Waals surface area contributed by atoms with E-state index >= 15 is 0 Å². The van der Waals surface area contributed by atoms with Gasteiger partial charge in [0.2, 0.25) is 0 Å². The molecule has 23 heavy (non-hydrogen) atoms. The molecule has 3 aromatic rings. The van der Waals surface area contributed by atoms with Gasteiger partial charge in [0.25, 0.3) is 0 Å². The zero-order valence-electron chi connectivity index (χ0n) is 12.0. The standard InChI is InChI=1S/C16H13Cl2N5/c17-12-3-1-2-11(6-12)8-19-15-7-16(22-10-21-15)23-14-5-4-13(18)9-20-14/h1-7,9-10H,8H2,(H2,19,20,21,22,23). The number of nitrogens with zero attached hydrogens (tertiary/aromatic N) is 3. The first-order valence-electron chi connectivity index (χ1n) is 6.88. The van der Waals surface area contributed by atoms with Crippen molar-refractivity contribution in [1.29, 1.82) is 0 Å². The van der Waals surface area contributed by atoms with Crippen LogP contribution in [-0.4, -0.2) is 15.0 Å². The zero-order valence-corrected chi connectivity index (χ0v) is 13.5. The van der Waals surface area contributed by atoms with Crippen LogP contribution >= 0.6 is 23.2 Å². The van der Waals surface area contributed by atoms with Crippen LogP contribution in [0.15, 0.2) is 55.0 Å². The predicted octanol–water partition coefficient (Wildman–Crippen LogP) is 4.53. The lowest BCUT2D eigenvalue weighted by Gasteiger charge is -2.08. The Bertz CT molecular complexity index is 792. The minimum atomic E-state index is 0.585. The van der Waals surface area contributed by atoms with E-state index in [1.165, 1.54) is 6.33 Å². The monoisotopic (exact) mass is 345 g/mol. The highest BCUT2D eigenvalue weighted by atomic mass is 35.5. The second kappa shape index (κ2) is 7.26. The van der Waals surface area contributed by atoms with Crippen molar-refractivity contribution in [3.63, 3.8) is 0 Å². The molecule has 116 valence electrons. The third-order valence-electron chi connectivity index (χ3n) is 3.01. The summed E-state index contributed by atoms with van der Waals surface area (Å²) in [6.45, 7) is 0.621. The van der Waals surface area contributed by atoms with Crippen molar-refractivity contribution in [1.82, 2.24) is 15.0 Å². The fourth-order valence-corrected chi connectivity index (χ4v) is 2.27. The van der Waals surface area contributed by atoms with E-state index in [0.717, 1.165) is 5.56 Å². The molecule has 2 aromatic heterocycles. The smallest absolute Gasteiger partial charge is 0.137 e. The summed E-state index contributed by atoms with van der Waals surface area (Å²) in [5.41, 5.74) is 1.07. The Hall–Kier alpha value is -2.37. The Morgan fingerprint density at radius 3 is 2.48 bits per heavy atom. The first kappa shape index (κ1) is 15.5. The average molecular weight is 346 g/mol. The van der Waals surface area contributed by atoms with E-state index in [0.29, 0.717) is 34.0 Å². The van der Waals surface area contributed by atoms with E-state index in [2.05, 4.69) is 25.6 Å². The molecule has 5 nitrogen and oxygen atoms in total. The Morgan fingerprint density at radius 1 is 0.826 bits per heavy atom. The summed E-state index contributed by atoms with van der Waals surface area (Å²) >= 11 is 11.8. The van der Waals surface area contributed by atoms with Gasteiger partial charge in [-0.05, 0) is 29.8 Å². The second-order valence-corrected chi connectivity index (χ2v) is 5.63. The highest BCUT2D eigenvalue weighted by molar-refractivity contribution is 6.30. The molecule has 0 amide bonds. The number of halogens is 2. The Morgan fingerprint density at radius 2 is 1.70 bits per heavy atom. The SMILES string of the molecule is Clc1ccc(Nc2cc(NCc3cccc(Cl)c3)ncn2)nc1. The van der Waals surface area contributed by atoms with Crippen LogP contribution in [0.1, 0.15) is 5.56 Å². The van der Waals surface area contributed by atoms with Crippen LogP contribution in [0.4, 0.5) is 17.5 Å². The van der Waals surface area contributed by atoms with Gasteiger partial charge in [-0.15, -0.1) is 0 Å². The summed E-state index contributed by atoms with van der Waals surface area (Å²) in [5.74, 6) is 2.01. The Balaban J connectivity index is 1.66. The van der Waals surface area contributed by atoms with Crippen LogP contribution in [0, 0.1) is 0 Å². The topological polar surface area (TPSA) is 62.7 Å². The predicted molar refractivity (Wildman–Crippen MR) is 93.3 cm³/mol. The van der Waals surface area contributed by atoms with Crippen molar-refractivity contribution < 1.29 is 0 Å². The third kappa shape index (κ3) is 4.55. The van der Waals surface area contributed by atoms with E-state index in [9.17, 15) is 0 Å². The molecule has 0 bridgehead atoms. The van der Waals surface area contributed by atoms with E-state index < -0.39 is 0 Å². The quantitative estimate of drug-likeness (QED) is 0.710. The maximum atomic E-state index is 5.97. The molecule has 0 radical (unpaired) electrons. The number of anilines is 3. The van der Waals surface area contributed by atoms with Crippen LogP contribution in [0.25, 0.3) is 0 Å². The van der Waals surface area contributed by atoms with E-state index in [4.69, 9.17) is 23.2 Å². The summed E-state index contributed by atoms with van der Waals surface area (Å²) in [7, 11) is 0. The van der Waals surface area contributed by atoms with Crippen LogP contribution in [0.3, 0.4) is 0 Å². The first-order valence-corrected chi connectivity index (χ1v) is 7.63. The Labute approximate surface area is 143 Å². The van der Waals surface area contributed by atoms with Crippen LogP contribution in [-0.2, 0) is 6.54 Å². The van der Waals surface area contributed by atoms with Gasteiger partial charge in [0, 0.05) is 23.8 Å². The molecule has 0 spiro atoms. The fraction of sp³-hybridized carbons (Fsp3) is 0.0625. The molecule has 2 heterocycles. The molecule has 7 heteroatoms. The lowest BCUT2D eigenvalue weighted by molar-refractivity contribution is 1.08. The van der Waals surface area contributed by atoms with Gasteiger partial charge in [-0.2, -0.15) is 0 Å². The van der Waals surface area contributed by atoms with Crippen molar-refractivity contribution in [3.8, 4) is 0 Å². The molecular formula is C16H13Cl2N5. The number of nitrogens with one attached hydrogen (secondary N) is 2. The first-order chi connectivity index (χ1) is 11.2. The summed E-state index contributed by atoms with van der Waals surface area (Å²) in [6, 6.07) is 13.0. The Kier molecular flexibility index (Phi) is 4.90. The maximum absolute atomic E-state index is 5.97. The van der Waals surface area contributed by atoms with Crippen molar-refractivity contribution >= 4 is 40.7 Å². The highest BCUT2D eigenvalue weighted by Crippen LogP contribution is 2.17. The molecule has 0 saturated carbocycles. The molecular weight excluding hydrogens is 333 g/mol. The molecule has 0 saturated heterocycles. The normalized spacial score (nSPS) is 10.3. The fourth-order valence-electron chi connectivity index (χ4n) is 1.94. The molecule has 0 fully saturated rings. The van der Waals surface area contributed by atoms with Gasteiger partial charge in [-0.25, -0.2) is 15.0 Å². The number of hydrogen-bond acceptors (Lipinski definition) is 5. The minimum Gasteiger partial charge on any atom is -0.366 e. The largest absolute Gasteiger partial charge is 0.366 e. The lowest BCUT2D eigenvalue weighted by atomic mass is 10.2. The van der Waals surface area contributed by atoms with Crippen LogP contribution in [0.5, 0.6) is 0 Å². The number of aromatic nitrogens is 3. The van der Waals surface area contributed by atoms with Gasteiger partial charge in [0.1, 0.15) is 23.8 Å². The summed E-state index contributed by atoms with van der Waals surface area (Å²) in [4.78, 5) is 12.5. The number of pyridine rings is 1. The molecule has 0 aliphatic rings. The van der Waals surface area contributed by atoms with Gasteiger partial charge in [0.05, 0.1) is 5.02 Å². The van der Waals surface area contributed by atoms with Crippen LogP contribution < -0.4 is 10.6 Å². The number of hydrogen-bond donors (Lipinski definition) is 2. The molecule has 0 atom stereocenters. The average Bonchev–Trinajstić information content (AvgIpc) is 2.56. The lowest BCUT2D eigenvalue weighted by Crippen LogP contribution is -2.03. The second-order valence-electron chi connectivity index (χ2n) is 4.76. The molecule has 0 aliphatic heterocycles. The van der Waals surface area contributed by atoms with Gasteiger partial charge >= 0.3 is 0 Å². The summed E-state index contributed by atoms with van der Waals surface area (Å²) in [5, 5.41) is 7.63. The molecule has 1 aromatic carbocycles. The van der Waals surface area contributed by atoms with E-state index in [-0.39, 0.29) is 0 Å². The third-order valence-corrected chi connectivity index (χ3v) is 3.47. The minimum absolute atomic E-state index is 0.585. The van der Waals surface area contributed by atoms with Crippen molar-refractivity contribution in [3.05, 3.63) is 70.6 Å². The van der Waals surface area contributed by atoms with Gasteiger partial charge < -0.3 is 10.6 Å². The van der Waals surface area contributed by atoms with Crippen molar-refractivity contribution in [2.24, 2.45) is 0 Å². The van der Waals surface area contributed by atoms with Gasteiger partial charge in [-0.1, -0.05) is 35.3 Å². The maximum Gasteiger partial charge on any atom is 0.137 e. The summed E-state index contributed by atoms with van der Waals surface area (Å²) < 4.78 is 0. The number of benzene rings is 1. The molecule has 2 N–H and O–H groups in total. The number of rotatable bonds is 5. The molecule has 0 aliphatic carbocycles. The van der Waals surface area contributed by atoms with Crippen molar-refractivity contribution in [2.45, 2.75) is 6.54 Å².